The molecule has 0 amide bonds. The van der Waals surface area contributed by atoms with Gasteiger partial charge in [0.2, 0.25) is 0 Å². The summed E-state index contributed by atoms with van der Waals surface area (Å²) in [7, 11) is 0. The van der Waals surface area contributed by atoms with Gasteiger partial charge in [-0.15, -0.1) is 0 Å². The number of hydrogen-bond acceptors (Lipinski definition) is 2. The third kappa shape index (κ3) is 3.98. The maximum atomic E-state index is 12.9. The molecule has 1 N–H and O–H groups in total. The molecule has 2 rings (SSSR count). The average molecular weight is 258 g/mol. The van der Waals surface area contributed by atoms with Gasteiger partial charge in [-0.05, 0) is 43.3 Å². The van der Waals surface area contributed by atoms with Crippen molar-refractivity contribution in [3.63, 3.8) is 0 Å². The molecule has 0 saturated heterocycles. The predicted molar refractivity (Wildman–Crippen MR) is 79.2 cm³/mol. The second-order valence-corrected chi connectivity index (χ2v) is 4.35. The maximum absolute atomic E-state index is 12.9. The lowest BCUT2D eigenvalue weighted by Gasteiger charge is -2.23. The van der Waals surface area contributed by atoms with Gasteiger partial charge in [-0.2, -0.15) is 0 Å². The van der Waals surface area contributed by atoms with Gasteiger partial charge in [-0.1, -0.05) is 18.2 Å². The molecular weight excluding hydrogens is 239 g/mol. The van der Waals surface area contributed by atoms with E-state index in [1.807, 2.05) is 42.5 Å². The van der Waals surface area contributed by atoms with Crippen LogP contribution in [0, 0.1) is 5.82 Å². The Labute approximate surface area is 113 Å². The number of benzene rings is 2. The fourth-order valence-electron chi connectivity index (χ4n) is 2.01. The number of hydrogen-bond donors (Lipinski definition) is 1. The molecule has 0 unspecified atom stereocenters. The van der Waals surface area contributed by atoms with E-state index in [1.165, 1.54) is 12.1 Å². The number of halogens is 1. The highest BCUT2D eigenvalue weighted by Gasteiger charge is 2.03. The van der Waals surface area contributed by atoms with Gasteiger partial charge in [0.05, 0.1) is 0 Å². The largest absolute Gasteiger partial charge is 0.383 e. The molecule has 100 valence electrons. The van der Waals surface area contributed by atoms with Crippen molar-refractivity contribution < 1.29 is 4.39 Å². The highest BCUT2D eigenvalue weighted by Crippen LogP contribution is 2.14. The van der Waals surface area contributed by atoms with Gasteiger partial charge in [-0.3, -0.25) is 0 Å². The van der Waals surface area contributed by atoms with E-state index in [-0.39, 0.29) is 5.82 Å². The Balaban J connectivity index is 1.87. The number of anilines is 2. The van der Waals surface area contributed by atoms with Crippen LogP contribution in [-0.2, 0) is 0 Å². The first kappa shape index (κ1) is 13.4. The van der Waals surface area contributed by atoms with Gasteiger partial charge in [0.15, 0.2) is 0 Å². The van der Waals surface area contributed by atoms with Crippen molar-refractivity contribution in [1.29, 1.82) is 0 Å². The molecule has 0 aliphatic carbocycles. The van der Waals surface area contributed by atoms with Crippen molar-refractivity contribution in [1.82, 2.24) is 0 Å². The number of likely N-dealkylation sites (N-methyl/N-ethyl adjacent to an activating group) is 1. The molecular formula is C16H19FN2. The third-order valence-corrected chi connectivity index (χ3v) is 3.06. The number of nitrogens with one attached hydrogen (secondary N) is 1. The lowest BCUT2D eigenvalue weighted by atomic mass is 10.2. The maximum Gasteiger partial charge on any atom is 0.123 e. The zero-order valence-electron chi connectivity index (χ0n) is 11.1. The molecule has 3 heteroatoms. The van der Waals surface area contributed by atoms with Gasteiger partial charge < -0.3 is 10.2 Å². The Morgan fingerprint density at radius 3 is 2.32 bits per heavy atom. The van der Waals surface area contributed by atoms with Crippen LogP contribution in [0.4, 0.5) is 15.8 Å². The first-order valence-electron chi connectivity index (χ1n) is 6.59. The summed E-state index contributed by atoms with van der Waals surface area (Å²) >= 11 is 0. The van der Waals surface area contributed by atoms with E-state index in [4.69, 9.17) is 0 Å². The first-order valence-corrected chi connectivity index (χ1v) is 6.59. The Morgan fingerprint density at radius 1 is 1.00 bits per heavy atom. The average Bonchev–Trinajstić information content (AvgIpc) is 2.46. The molecule has 0 radical (unpaired) electrons. The van der Waals surface area contributed by atoms with Crippen molar-refractivity contribution in [2.24, 2.45) is 0 Å². The number of para-hydroxylation sites is 1. The first-order chi connectivity index (χ1) is 9.29. The lowest BCUT2D eigenvalue weighted by Crippen LogP contribution is -2.28. The van der Waals surface area contributed by atoms with Crippen LogP contribution >= 0.6 is 0 Å². The molecule has 0 atom stereocenters. The molecule has 0 saturated carbocycles. The summed E-state index contributed by atoms with van der Waals surface area (Å²) in [5.74, 6) is -0.192. The molecule has 0 heterocycles. The Hall–Kier alpha value is -2.03. The Morgan fingerprint density at radius 2 is 1.68 bits per heavy atom. The van der Waals surface area contributed by atoms with E-state index < -0.39 is 0 Å². The summed E-state index contributed by atoms with van der Waals surface area (Å²) in [4.78, 5) is 2.22. The predicted octanol–water partition coefficient (Wildman–Crippen LogP) is 3.76. The van der Waals surface area contributed by atoms with Gasteiger partial charge in [0.25, 0.3) is 0 Å². The second kappa shape index (κ2) is 6.78. The smallest absolute Gasteiger partial charge is 0.123 e. The minimum Gasteiger partial charge on any atom is -0.383 e. The summed E-state index contributed by atoms with van der Waals surface area (Å²) in [5.41, 5.74) is 2.18. The van der Waals surface area contributed by atoms with Crippen molar-refractivity contribution >= 4 is 11.4 Å². The van der Waals surface area contributed by atoms with E-state index >= 15 is 0 Å². The molecule has 0 fully saturated rings. The highest BCUT2D eigenvalue weighted by molar-refractivity contribution is 5.47. The third-order valence-electron chi connectivity index (χ3n) is 3.06. The van der Waals surface area contributed by atoms with Crippen LogP contribution in [0.5, 0.6) is 0 Å². The van der Waals surface area contributed by atoms with Gasteiger partial charge in [-0.25, -0.2) is 4.39 Å². The Bertz CT molecular complexity index is 482. The molecule has 0 aliphatic rings. The summed E-state index contributed by atoms with van der Waals surface area (Å²) in [6, 6.07) is 16.8. The SMILES string of the molecule is CCN(CCNc1ccccc1)c1ccc(F)cc1. The molecule has 0 aromatic heterocycles. The van der Waals surface area contributed by atoms with Crippen molar-refractivity contribution in [2.75, 3.05) is 29.9 Å². The normalized spacial score (nSPS) is 10.2. The van der Waals surface area contributed by atoms with Crippen LogP contribution in [0.1, 0.15) is 6.92 Å². The van der Waals surface area contributed by atoms with E-state index in [0.717, 1.165) is 31.0 Å². The molecule has 0 bridgehead atoms. The van der Waals surface area contributed by atoms with E-state index in [1.54, 1.807) is 0 Å². The minimum atomic E-state index is -0.192. The standard InChI is InChI=1S/C16H19FN2/c1-2-19(16-10-8-14(17)9-11-16)13-12-18-15-6-4-3-5-7-15/h3-11,18H,2,12-13H2,1H3. The van der Waals surface area contributed by atoms with Crippen molar-refractivity contribution in [3.05, 3.63) is 60.4 Å². The van der Waals surface area contributed by atoms with Crippen LogP contribution in [0.2, 0.25) is 0 Å². The number of rotatable bonds is 6. The fourth-order valence-corrected chi connectivity index (χ4v) is 2.01. The summed E-state index contributed by atoms with van der Waals surface area (Å²) in [6.45, 7) is 4.75. The van der Waals surface area contributed by atoms with Crippen molar-refractivity contribution in [3.8, 4) is 0 Å². The van der Waals surface area contributed by atoms with E-state index in [2.05, 4.69) is 17.1 Å². The zero-order chi connectivity index (χ0) is 13.5. The Kier molecular flexibility index (Phi) is 4.78. The van der Waals surface area contributed by atoms with Gasteiger partial charge in [0.1, 0.15) is 5.82 Å². The topological polar surface area (TPSA) is 15.3 Å². The molecule has 0 spiro atoms. The quantitative estimate of drug-likeness (QED) is 0.848. The van der Waals surface area contributed by atoms with Gasteiger partial charge >= 0.3 is 0 Å². The molecule has 2 nitrogen and oxygen atoms in total. The van der Waals surface area contributed by atoms with Gasteiger partial charge in [0, 0.05) is 31.0 Å². The van der Waals surface area contributed by atoms with Crippen LogP contribution < -0.4 is 10.2 Å². The van der Waals surface area contributed by atoms with Crippen LogP contribution in [0.3, 0.4) is 0 Å². The summed E-state index contributed by atoms with van der Waals surface area (Å²) in [5, 5.41) is 3.37. The summed E-state index contributed by atoms with van der Waals surface area (Å²) < 4.78 is 12.9. The van der Waals surface area contributed by atoms with Crippen molar-refractivity contribution in [2.45, 2.75) is 6.92 Å². The molecule has 2 aromatic carbocycles. The lowest BCUT2D eigenvalue weighted by molar-refractivity contribution is 0.627. The molecule has 2 aromatic rings. The zero-order valence-corrected chi connectivity index (χ0v) is 11.1. The second-order valence-electron chi connectivity index (χ2n) is 4.35. The number of nitrogens with zero attached hydrogens (tertiary/aromatic N) is 1. The minimum absolute atomic E-state index is 0.192. The van der Waals surface area contributed by atoms with E-state index in [0.29, 0.717) is 0 Å². The van der Waals surface area contributed by atoms with Crippen LogP contribution in [0.15, 0.2) is 54.6 Å². The van der Waals surface area contributed by atoms with Crippen LogP contribution in [0.25, 0.3) is 0 Å². The molecule has 19 heavy (non-hydrogen) atoms. The highest BCUT2D eigenvalue weighted by atomic mass is 19.1. The van der Waals surface area contributed by atoms with E-state index in [9.17, 15) is 4.39 Å². The monoisotopic (exact) mass is 258 g/mol. The molecule has 0 aliphatic heterocycles. The summed E-state index contributed by atoms with van der Waals surface area (Å²) in [6.07, 6.45) is 0. The van der Waals surface area contributed by atoms with Crippen LogP contribution in [-0.4, -0.2) is 19.6 Å². The fraction of sp³-hybridized carbons (Fsp3) is 0.250.